The fraction of sp³-hybridized carbons (Fsp3) is 0.444. The first-order valence-electron chi connectivity index (χ1n) is 4.77. The zero-order valence-corrected chi connectivity index (χ0v) is 8.74. The van der Waals surface area contributed by atoms with Gasteiger partial charge in [0.2, 0.25) is 0 Å². The first-order chi connectivity index (χ1) is 7.49. The number of alkyl halides is 2. The van der Waals surface area contributed by atoms with Gasteiger partial charge in [-0.1, -0.05) is 13.8 Å². The number of nitrogens with one attached hydrogen (secondary N) is 1. The zero-order chi connectivity index (χ0) is 11.9. The summed E-state index contributed by atoms with van der Waals surface area (Å²) in [6, 6.07) is 1.31. The number of aromatic nitrogens is 4. The summed E-state index contributed by atoms with van der Waals surface area (Å²) in [7, 11) is 0. The van der Waals surface area contributed by atoms with Crippen LogP contribution < -0.4 is 5.56 Å². The molecule has 5 nitrogen and oxygen atoms in total. The highest BCUT2D eigenvalue weighted by Gasteiger charge is 2.15. The number of hydrogen-bond donors (Lipinski definition) is 1. The Kier molecular flexibility index (Phi) is 2.45. The maximum atomic E-state index is 12.4. The van der Waals surface area contributed by atoms with Crippen LogP contribution >= 0.6 is 0 Å². The number of fused-ring (bicyclic) bond motifs is 1. The predicted octanol–water partition coefficient (Wildman–Crippen LogP) is 1.48. The van der Waals surface area contributed by atoms with Crippen molar-refractivity contribution in [1.82, 2.24) is 19.6 Å². The fourth-order valence-electron chi connectivity index (χ4n) is 1.31. The third kappa shape index (κ3) is 1.68. The van der Waals surface area contributed by atoms with Crippen LogP contribution in [0.5, 0.6) is 0 Å². The van der Waals surface area contributed by atoms with Crippen molar-refractivity contribution in [3.8, 4) is 0 Å². The second-order valence-corrected chi connectivity index (χ2v) is 3.72. The highest BCUT2D eigenvalue weighted by molar-refractivity contribution is 5.29. The Bertz CT molecular complexity index is 572. The Labute approximate surface area is 89.1 Å². The van der Waals surface area contributed by atoms with Gasteiger partial charge in [0.25, 0.3) is 17.8 Å². The zero-order valence-electron chi connectivity index (χ0n) is 8.74. The Morgan fingerprint density at radius 3 is 2.62 bits per heavy atom. The first kappa shape index (κ1) is 10.7. The van der Waals surface area contributed by atoms with Crippen LogP contribution in [0, 0.1) is 0 Å². The molecule has 1 N–H and O–H groups in total. The minimum absolute atomic E-state index is 0.0218. The van der Waals surface area contributed by atoms with E-state index in [0.717, 1.165) is 4.52 Å². The molecule has 0 saturated heterocycles. The van der Waals surface area contributed by atoms with Crippen LogP contribution in [0.1, 0.15) is 37.7 Å². The molecule has 0 fully saturated rings. The van der Waals surface area contributed by atoms with E-state index in [2.05, 4.69) is 15.1 Å². The second kappa shape index (κ2) is 3.66. The highest BCUT2D eigenvalue weighted by Crippen LogP contribution is 2.15. The summed E-state index contributed by atoms with van der Waals surface area (Å²) in [5.41, 5.74) is 0.102. The van der Waals surface area contributed by atoms with Gasteiger partial charge in [-0.15, -0.1) is 0 Å². The summed E-state index contributed by atoms with van der Waals surface area (Å²) in [6.45, 7) is 3.72. The lowest BCUT2D eigenvalue weighted by molar-refractivity contribution is 0.140. The molecule has 0 unspecified atom stereocenters. The van der Waals surface area contributed by atoms with Gasteiger partial charge in [-0.05, 0) is 5.92 Å². The molecule has 2 rings (SSSR count). The average Bonchev–Trinajstić information content (AvgIpc) is 2.61. The minimum Gasteiger partial charge on any atom is -0.270 e. The molecule has 86 valence electrons. The average molecular weight is 228 g/mol. The lowest BCUT2D eigenvalue weighted by atomic mass is 10.1. The van der Waals surface area contributed by atoms with Gasteiger partial charge in [-0.25, -0.2) is 13.8 Å². The van der Waals surface area contributed by atoms with Crippen LogP contribution in [-0.4, -0.2) is 19.6 Å². The third-order valence-electron chi connectivity index (χ3n) is 2.17. The summed E-state index contributed by atoms with van der Waals surface area (Å²) in [4.78, 5) is 19.1. The van der Waals surface area contributed by atoms with E-state index in [4.69, 9.17) is 0 Å². The molecule has 0 amide bonds. The van der Waals surface area contributed by atoms with Crippen molar-refractivity contribution in [2.24, 2.45) is 0 Å². The predicted molar refractivity (Wildman–Crippen MR) is 52.7 cm³/mol. The molecule has 2 heterocycles. The van der Waals surface area contributed by atoms with E-state index in [-0.39, 0.29) is 11.7 Å². The van der Waals surface area contributed by atoms with E-state index in [1.165, 1.54) is 6.07 Å². The van der Waals surface area contributed by atoms with Crippen LogP contribution in [0.15, 0.2) is 10.9 Å². The number of nitrogens with zero attached hydrogens (tertiary/aromatic N) is 3. The fourth-order valence-corrected chi connectivity index (χ4v) is 1.31. The SMILES string of the molecule is CC(C)c1cc(=O)n2[nH]c(C(F)F)nc2n1. The summed E-state index contributed by atoms with van der Waals surface area (Å²) in [5.74, 6) is -0.526. The Morgan fingerprint density at radius 2 is 2.06 bits per heavy atom. The summed E-state index contributed by atoms with van der Waals surface area (Å²) < 4.78 is 25.6. The van der Waals surface area contributed by atoms with Crippen LogP contribution in [0.25, 0.3) is 5.78 Å². The molecule has 2 aromatic heterocycles. The highest BCUT2D eigenvalue weighted by atomic mass is 19.3. The van der Waals surface area contributed by atoms with Crippen molar-refractivity contribution in [2.75, 3.05) is 0 Å². The molecule has 0 aliphatic carbocycles. The lowest BCUT2D eigenvalue weighted by Gasteiger charge is -2.01. The number of hydrogen-bond acceptors (Lipinski definition) is 3. The molecule has 0 spiro atoms. The lowest BCUT2D eigenvalue weighted by Crippen LogP contribution is -2.16. The van der Waals surface area contributed by atoms with Crippen LogP contribution in [-0.2, 0) is 0 Å². The van der Waals surface area contributed by atoms with Crippen molar-refractivity contribution in [3.63, 3.8) is 0 Å². The molecule has 2 aromatic rings. The normalized spacial score (nSPS) is 11.9. The Morgan fingerprint density at radius 1 is 1.38 bits per heavy atom. The summed E-state index contributed by atoms with van der Waals surface area (Å²) >= 11 is 0. The topological polar surface area (TPSA) is 63.0 Å². The van der Waals surface area contributed by atoms with Crippen LogP contribution in [0.2, 0.25) is 0 Å². The van der Waals surface area contributed by atoms with Crippen molar-refractivity contribution in [2.45, 2.75) is 26.2 Å². The van der Waals surface area contributed by atoms with E-state index in [9.17, 15) is 13.6 Å². The molecule has 7 heteroatoms. The summed E-state index contributed by atoms with van der Waals surface area (Å²) in [6.07, 6.45) is -2.75. The van der Waals surface area contributed by atoms with E-state index in [1.807, 2.05) is 13.8 Å². The van der Waals surface area contributed by atoms with Gasteiger partial charge in [0.15, 0.2) is 5.82 Å². The Balaban J connectivity index is 2.68. The molecule has 0 aromatic carbocycles. The van der Waals surface area contributed by atoms with Gasteiger partial charge >= 0.3 is 0 Å². The van der Waals surface area contributed by atoms with Crippen LogP contribution in [0.3, 0.4) is 0 Å². The maximum absolute atomic E-state index is 12.4. The van der Waals surface area contributed by atoms with Crippen molar-refractivity contribution < 1.29 is 8.78 Å². The molecule has 0 radical (unpaired) electrons. The van der Waals surface area contributed by atoms with E-state index in [0.29, 0.717) is 5.69 Å². The van der Waals surface area contributed by atoms with Gasteiger partial charge < -0.3 is 0 Å². The molecule has 0 bridgehead atoms. The Hall–Kier alpha value is -1.79. The number of aromatic amines is 1. The molecule has 0 aliphatic rings. The standard InChI is InChI=1S/C9H10F2N4O/c1-4(2)5-3-6(16)15-9(12-5)13-8(14-15)7(10)11/h3-4,7H,1-2H3,(H,12,13,14). The van der Waals surface area contributed by atoms with E-state index < -0.39 is 17.8 Å². The minimum atomic E-state index is -2.75. The maximum Gasteiger partial charge on any atom is 0.296 e. The van der Waals surface area contributed by atoms with Gasteiger partial charge in [0.05, 0.1) is 5.69 Å². The number of H-pyrrole nitrogens is 1. The van der Waals surface area contributed by atoms with Gasteiger partial charge in [0, 0.05) is 6.07 Å². The molecule has 0 aliphatic heterocycles. The first-order valence-corrected chi connectivity index (χ1v) is 4.77. The molecule has 0 saturated carbocycles. The monoisotopic (exact) mass is 228 g/mol. The summed E-state index contributed by atoms with van der Waals surface area (Å²) in [5, 5.41) is 2.21. The molecule has 0 atom stereocenters. The molecular weight excluding hydrogens is 218 g/mol. The van der Waals surface area contributed by atoms with Crippen molar-refractivity contribution in [3.05, 3.63) is 27.9 Å². The van der Waals surface area contributed by atoms with Crippen molar-refractivity contribution >= 4 is 5.78 Å². The van der Waals surface area contributed by atoms with E-state index >= 15 is 0 Å². The quantitative estimate of drug-likeness (QED) is 0.846. The smallest absolute Gasteiger partial charge is 0.270 e. The molecular formula is C9H10F2N4O. The molecule has 16 heavy (non-hydrogen) atoms. The van der Waals surface area contributed by atoms with Crippen molar-refractivity contribution in [1.29, 1.82) is 0 Å². The number of halogens is 2. The van der Waals surface area contributed by atoms with Gasteiger partial charge in [-0.2, -0.15) is 9.50 Å². The second-order valence-electron chi connectivity index (χ2n) is 3.72. The number of rotatable bonds is 2. The third-order valence-corrected chi connectivity index (χ3v) is 2.17. The largest absolute Gasteiger partial charge is 0.296 e. The van der Waals surface area contributed by atoms with Gasteiger partial charge in [0.1, 0.15) is 0 Å². The van der Waals surface area contributed by atoms with E-state index in [1.54, 1.807) is 0 Å². The van der Waals surface area contributed by atoms with Gasteiger partial charge in [-0.3, -0.25) is 9.89 Å². The van der Waals surface area contributed by atoms with Crippen LogP contribution in [0.4, 0.5) is 8.78 Å².